The van der Waals surface area contributed by atoms with Gasteiger partial charge in [0, 0.05) is 29.6 Å². The summed E-state index contributed by atoms with van der Waals surface area (Å²) in [6.45, 7) is 5.45. The molecule has 134 valence electrons. The molecule has 0 bridgehead atoms. The van der Waals surface area contributed by atoms with E-state index in [1.807, 2.05) is 12.1 Å². The van der Waals surface area contributed by atoms with Crippen molar-refractivity contribution < 1.29 is 0 Å². The number of aromatic nitrogens is 2. The van der Waals surface area contributed by atoms with Gasteiger partial charge in [0.15, 0.2) is 0 Å². The molecule has 1 N–H and O–H groups in total. The van der Waals surface area contributed by atoms with Crippen LogP contribution in [0, 0.1) is 6.92 Å². The van der Waals surface area contributed by atoms with E-state index in [1.54, 1.807) is 0 Å². The first-order valence-electron chi connectivity index (χ1n) is 9.44. The Labute approximate surface area is 155 Å². The first-order valence-corrected chi connectivity index (χ1v) is 9.82. The van der Waals surface area contributed by atoms with Crippen LogP contribution in [-0.4, -0.2) is 41.4 Å². The number of likely N-dealkylation sites (tertiary alicyclic amines) is 1. The maximum absolute atomic E-state index is 6.29. The summed E-state index contributed by atoms with van der Waals surface area (Å²) >= 11 is 6.29. The molecule has 1 atom stereocenters. The van der Waals surface area contributed by atoms with Crippen molar-refractivity contribution in [2.45, 2.75) is 44.9 Å². The van der Waals surface area contributed by atoms with Gasteiger partial charge in [-0.05, 0) is 70.3 Å². The Hall–Kier alpha value is -1.52. The number of benzene rings is 1. The lowest BCUT2D eigenvalue weighted by Crippen LogP contribution is -2.31. The summed E-state index contributed by atoms with van der Waals surface area (Å²) in [6, 6.07) is 6.07. The Morgan fingerprint density at radius 1 is 1.24 bits per heavy atom. The van der Waals surface area contributed by atoms with E-state index in [-0.39, 0.29) is 0 Å². The molecule has 0 saturated carbocycles. The molecule has 4 nitrogen and oxygen atoms in total. The van der Waals surface area contributed by atoms with Gasteiger partial charge < -0.3 is 10.2 Å². The zero-order valence-corrected chi connectivity index (χ0v) is 15.9. The predicted octanol–water partition coefficient (Wildman–Crippen LogP) is 4.39. The van der Waals surface area contributed by atoms with Crippen LogP contribution in [0.4, 0.5) is 5.82 Å². The first-order chi connectivity index (χ1) is 12.1. The molecule has 0 spiro atoms. The third-order valence-electron chi connectivity index (χ3n) is 5.57. The fraction of sp³-hybridized carbons (Fsp3) is 0.550. The van der Waals surface area contributed by atoms with E-state index in [2.05, 4.69) is 34.9 Å². The number of nitrogens with zero attached hydrogens (tertiary/aromatic N) is 3. The first kappa shape index (κ1) is 16.9. The maximum atomic E-state index is 6.29. The Morgan fingerprint density at radius 2 is 2.12 bits per heavy atom. The summed E-state index contributed by atoms with van der Waals surface area (Å²) in [4.78, 5) is 2.44. The van der Waals surface area contributed by atoms with Gasteiger partial charge in [0.2, 0.25) is 0 Å². The van der Waals surface area contributed by atoms with E-state index < -0.39 is 0 Å². The van der Waals surface area contributed by atoms with Crippen molar-refractivity contribution in [3.8, 4) is 5.69 Å². The van der Waals surface area contributed by atoms with Crippen LogP contribution in [0.2, 0.25) is 5.02 Å². The summed E-state index contributed by atoms with van der Waals surface area (Å²) in [6.07, 6.45) is 6.06. The second-order valence-electron chi connectivity index (χ2n) is 7.54. The third-order valence-corrected chi connectivity index (χ3v) is 5.81. The van der Waals surface area contributed by atoms with Crippen LogP contribution in [-0.2, 0) is 6.42 Å². The van der Waals surface area contributed by atoms with E-state index in [4.69, 9.17) is 16.7 Å². The van der Waals surface area contributed by atoms with Gasteiger partial charge in [-0.15, -0.1) is 0 Å². The highest BCUT2D eigenvalue weighted by atomic mass is 35.5. The lowest BCUT2D eigenvalue weighted by atomic mass is 9.91. The number of hydrogen-bond donors (Lipinski definition) is 1. The molecular weight excluding hydrogens is 332 g/mol. The van der Waals surface area contributed by atoms with E-state index >= 15 is 0 Å². The summed E-state index contributed by atoms with van der Waals surface area (Å²) in [5.74, 6) is 1.72. The Bertz CT molecular complexity index is 767. The molecule has 0 radical (unpaired) electrons. The molecule has 2 aliphatic rings. The highest BCUT2D eigenvalue weighted by Crippen LogP contribution is 2.36. The van der Waals surface area contributed by atoms with Crippen molar-refractivity contribution in [3.05, 3.63) is 40.0 Å². The minimum Gasteiger partial charge on any atom is -0.370 e. The lowest BCUT2D eigenvalue weighted by Gasteiger charge is -2.29. The Morgan fingerprint density at radius 3 is 2.96 bits per heavy atom. The molecule has 2 aliphatic heterocycles. The molecule has 1 fully saturated rings. The monoisotopic (exact) mass is 358 g/mol. The lowest BCUT2D eigenvalue weighted by molar-refractivity contribution is 0.247. The topological polar surface area (TPSA) is 33.1 Å². The summed E-state index contributed by atoms with van der Waals surface area (Å²) < 4.78 is 2.12. The number of likely N-dealkylation sites (N-methyl/N-ethyl adjacent to an activating group) is 1. The van der Waals surface area contributed by atoms with Gasteiger partial charge in [0.25, 0.3) is 0 Å². The van der Waals surface area contributed by atoms with Crippen molar-refractivity contribution in [2.75, 3.05) is 32.0 Å². The molecule has 25 heavy (non-hydrogen) atoms. The minimum absolute atomic E-state index is 0.535. The SMILES string of the molecule is Cc1ccc(Cl)cc1-n1nc(C2CCCN(C)C2)c2c1NCCCC2. The molecule has 0 aliphatic carbocycles. The molecule has 1 aromatic carbocycles. The summed E-state index contributed by atoms with van der Waals surface area (Å²) in [5.41, 5.74) is 5.02. The molecule has 1 saturated heterocycles. The number of fused-ring (bicyclic) bond motifs is 1. The second-order valence-corrected chi connectivity index (χ2v) is 7.98. The largest absolute Gasteiger partial charge is 0.370 e. The maximum Gasteiger partial charge on any atom is 0.133 e. The van der Waals surface area contributed by atoms with Crippen molar-refractivity contribution in [1.29, 1.82) is 0 Å². The average Bonchev–Trinajstić information content (AvgIpc) is 2.78. The zero-order valence-electron chi connectivity index (χ0n) is 15.2. The van der Waals surface area contributed by atoms with Crippen LogP contribution in [0.3, 0.4) is 0 Å². The molecule has 1 aromatic heterocycles. The van der Waals surface area contributed by atoms with Crippen LogP contribution in [0.15, 0.2) is 18.2 Å². The molecule has 5 heteroatoms. The molecule has 1 unspecified atom stereocenters. The van der Waals surface area contributed by atoms with Crippen LogP contribution >= 0.6 is 11.6 Å². The highest BCUT2D eigenvalue weighted by molar-refractivity contribution is 6.30. The van der Waals surface area contributed by atoms with Crippen molar-refractivity contribution in [2.24, 2.45) is 0 Å². The molecular formula is C20H27ClN4. The molecule has 3 heterocycles. The smallest absolute Gasteiger partial charge is 0.133 e. The second kappa shape index (κ2) is 7.00. The Kier molecular flexibility index (Phi) is 4.74. The number of hydrogen-bond acceptors (Lipinski definition) is 3. The van der Waals surface area contributed by atoms with Crippen molar-refractivity contribution in [3.63, 3.8) is 0 Å². The van der Waals surface area contributed by atoms with E-state index in [9.17, 15) is 0 Å². The van der Waals surface area contributed by atoms with E-state index in [1.165, 1.54) is 54.9 Å². The van der Waals surface area contributed by atoms with Gasteiger partial charge >= 0.3 is 0 Å². The van der Waals surface area contributed by atoms with Crippen molar-refractivity contribution >= 4 is 17.4 Å². The zero-order chi connectivity index (χ0) is 17.4. The fourth-order valence-corrected chi connectivity index (χ4v) is 4.40. The number of halogens is 1. The molecule has 0 amide bonds. The van der Waals surface area contributed by atoms with Gasteiger partial charge in [0.1, 0.15) is 5.82 Å². The fourth-order valence-electron chi connectivity index (χ4n) is 4.23. The van der Waals surface area contributed by atoms with Crippen molar-refractivity contribution in [1.82, 2.24) is 14.7 Å². The van der Waals surface area contributed by atoms with Gasteiger partial charge in [-0.3, -0.25) is 0 Å². The summed E-state index contributed by atoms with van der Waals surface area (Å²) in [5, 5.41) is 9.55. The predicted molar refractivity (Wildman–Crippen MR) is 104 cm³/mol. The number of anilines is 1. The Balaban J connectivity index is 1.83. The normalized spacial score (nSPS) is 21.5. The number of aryl methyl sites for hydroxylation is 1. The van der Waals surface area contributed by atoms with E-state index in [0.29, 0.717) is 5.92 Å². The van der Waals surface area contributed by atoms with Gasteiger partial charge in [-0.25, -0.2) is 4.68 Å². The van der Waals surface area contributed by atoms with E-state index in [0.717, 1.165) is 30.2 Å². The third kappa shape index (κ3) is 3.30. The number of piperidine rings is 1. The highest BCUT2D eigenvalue weighted by Gasteiger charge is 2.28. The van der Waals surface area contributed by atoms with Gasteiger partial charge in [-0.1, -0.05) is 17.7 Å². The standard InChI is InChI=1S/C20H27ClN4/c1-14-8-9-16(21)12-18(14)25-20-17(7-3-4-10-22-20)19(23-25)15-6-5-11-24(2)13-15/h8-9,12,15,22H,3-7,10-11,13H2,1-2H3. The summed E-state index contributed by atoms with van der Waals surface area (Å²) in [7, 11) is 2.22. The van der Waals surface area contributed by atoms with Crippen LogP contribution in [0.25, 0.3) is 5.69 Å². The van der Waals surface area contributed by atoms with Gasteiger partial charge in [0.05, 0.1) is 11.4 Å². The molecule has 4 rings (SSSR count). The van der Waals surface area contributed by atoms with Crippen LogP contribution in [0.1, 0.15) is 48.4 Å². The van der Waals surface area contributed by atoms with Gasteiger partial charge in [-0.2, -0.15) is 5.10 Å². The average molecular weight is 359 g/mol. The van der Waals surface area contributed by atoms with Crippen LogP contribution in [0.5, 0.6) is 0 Å². The number of nitrogens with one attached hydrogen (secondary N) is 1. The number of rotatable bonds is 2. The quantitative estimate of drug-likeness (QED) is 0.864. The van der Waals surface area contributed by atoms with Crippen LogP contribution < -0.4 is 5.32 Å². The minimum atomic E-state index is 0.535. The molecule has 2 aromatic rings.